The minimum absolute atomic E-state index is 1.39. The van der Waals surface area contributed by atoms with Crippen LogP contribution in [0, 0.1) is 0 Å². The smallest absolute Gasteiger partial charge is 0.00504 e. The van der Waals surface area contributed by atoms with Crippen LogP contribution in [0.15, 0.2) is 47.9 Å². The van der Waals surface area contributed by atoms with Crippen molar-refractivity contribution in [2.75, 3.05) is 25.0 Å². The first-order valence-electron chi connectivity index (χ1n) is 5.84. The van der Waals surface area contributed by atoms with Crippen LogP contribution >= 0.6 is 41.6 Å². The molecule has 20 heavy (non-hydrogen) atoms. The molecule has 1 saturated heterocycles. The Labute approximate surface area is 131 Å². The van der Waals surface area contributed by atoms with Gasteiger partial charge in [0.25, 0.3) is 0 Å². The molecule has 0 unspecified atom stereocenters. The van der Waals surface area contributed by atoms with Crippen molar-refractivity contribution in [2.45, 2.75) is 0 Å². The SMILES string of the molecule is C=CS1(C)NS(C)(C=C)NS(C)(C=C)NS(C)(C=C)N1. The Morgan fingerprint density at radius 2 is 0.650 bits per heavy atom. The number of hydrogen-bond acceptors (Lipinski definition) is 4. The quantitative estimate of drug-likeness (QED) is 0.615. The summed E-state index contributed by atoms with van der Waals surface area (Å²) in [6, 6.07) is 0. The lowest BCUT2D eigenvalue weighted by Crippen LogP contribution is -2.47. The Bertz CT molecular complexity index is 349. The molecule has 0 aromatic heterocycles. The second-order valence-electron chi connectivity index (χ2n) is 4.93. The molecule has 1 heterocycles. The fourth-order valence-corrected chi connectivity index (χ4v) is 17.2. The van der Waals surface area contributed by atoms with Crippen LogP contribution in [-0.4, -0.2) is 25.0 Å². The molecule has 0 aliphatic carbocycles. The zero-order valence-corrected chi connectivity index (χ0v) is 16.0. The number of rotatable bonds is 4. The molecule has 4 N–H and O–H groups in total. The third kappa shape index (κ3) is 4.11. The molecule has 4 nitrogen and oxygen atoms in total. The van der Waals surface area contributed by atoms with Crippen molar-refractivity contribution in [3.63, 3.8) is 0 Å². The third-order valence-corrected chi connectivity index (χ3v) is 16.5. The van der Waals surface area contributed by atoms with Gasteiger partial charge >= 0.3 is 0 Å². The maximum atomic E-state index is 3.99. The maximum Gasteiger partial charge on any atom is -0.00504 e. The summed E-state index contributed by atoms with van der Waals surface area (Å²) < 4.78 is 14.8. The average Bonchev–Trinajstić information content (AvgIpc) is 2.36. The van der Waals surface area contributed by atoms with E-state index >= 15 is 0 Å². The van der Waals surface area contributed by atoms with E-state index < -0.39 is 41.6 Å². The van der Waals surface area contributed by atoms with Gasteiger partial charge in [-0.25, -0.2) is 16.5 Å². The molecular weight excluding hydrogens is 328 g/mol. The molecule has 0 bridgehead atoms. The first-order chi connectivity index (χ1) is 9.07. The van der Waals surface area contributed by atoms with E-state index in [1.165, 1.54) is 0 Å². The number of hydrogen-bond donors (Lipinski definition) is 4. The van der Waals surface area contributed by atoms with E-state index in [0.29, 0.717) is 0 Å². The standard InChI is InChI=1S/C12H28N4S4/c1-9-17(5)13-18(6,10-2)15-20(8,12-4)16-19(7,11-3)14-17/h9-16H,1-4H2,5-8H3. The zero-order chi connectivity index (χ0) is 15.7. The zero-order valence-electron chi connectivity index (χ0n) is 12.8. The second-order valence-corrected chi connectivity index (χ2v) is 16.8. The Kier molecular flexibility index (Phi) is 5.60. The molecule has 0 saturated carbocycles. The van der Waals surface area contributed by atoms with Gasteiger partial charge in [0.15, 0.2) is 0 Å². The van der Waals surface area contributed by atoms with Gasteiger partial charge in [0.05, 0.1) is 0 Å². The Hall–Kier alpha value is 0.200. The Morgan fingerprint density at radius 3 is 0.750 bits per heavy atom. The van der Waals surface area contributed by atoms with Crippen LogP contribution in [0.1, 0.15) is 0 Å². The van der Waals surface area contributed by atoms with Crippen molar-refractivity contribution in [2.24, 2.45) is 0 Å². The molecule has 8 heteroatoms. The van der Waals surface area contributed by atoms with Gasteiger partial charge in [-0.2, -0.15) is 0 Å². The lowest BCUT2D eigenvalue weighted by Gasteiger charge is -2.59. The van der Waals surface area contributed by atoms with Crippen LogP contribution in [0.4, 0.5) is 0 Å². The predicted molar refractivity (Wildman–Crippen MR) is 107 cm³/mol. The van der Waals surface area contributed by atoms with Gasteiger partial charge in [0.2, 0.25) is 0 Å². The van der Waals surface area contributed by atoms with Crippen LogP contribution < -0.4 is 16.5 Å². The van der Waals surface area contributed by atoms with E-state index in [-0.39, 0.29) is 0 Å². The molecule has 0 atom stereocenters. The summed E-state index contributed by atoms with van der Waals surface area (Å²) in [6.07, 6.45) is 8.61. The van der Waals surface area contributed by atoms with Crippen molar-refractivity contribution in [1.82, 2.24) is 16.5 Å². The van der Waals surface area contributed by atoms with Crippen molar-refractivity contribution in [3.05, 3.63) is 47.9 Å². The molecule has 0 amide bonds. The topological polar surface area (TPSA) is 48.1 Å². The van der Waals surface area contributed by atoms with Crippen molar-refractivity contribution >= 4 is 41.6 Å². The number of nitrogens with one attached hydrogen (secondary N) is 4. The van der Waals surface area contributed by atoms with Gasteiger partial charge in [-0.15, -0.1) is 0 Å². The largest absolute Gasteiger partial charge is 0.212 e. The molecule has 1 aliphatic rings. The second kappa shape index (κ2) is 6.13. The van der Waals surface area contributed by atoms with Gasteiger partial charge in [-0.3, -0.25) is 0 Å². The van der Waals surface area contributed by atoms with Crippen molar-refractivity contribution < 1.29 is 0 Å². The van der Waals surface area contributed by atoms with E-state index in [4.69, 9.17) is 0 Å². The molecule has 0 aromatic carbocycles. The van der Waals surface area contributed by atoms with Crippen LogP contribution in [-0.2, 0) is 0 Å². The summed E-state index contributed by atoms with van der Waals surface area (Å²) >= 11 is 0. The summed E-state index contributed by atoms with van der Waals surface area (Å²) in [5.41, 5.74) is 0. The van der Waals surface area contributed by atoms with E-state index in [2.05, 4.69) is 67.8 Å². The highest BCUT2D eigenvalue weighted by Crippen LogP contribution is 2.65. The average molecular weight is 357 g/mol. The van der Waals surface area contributed by atoms with Crippen molar-refractivity contribution in [1.29, 1.82) is 0 Å². The fourth-order valence-electron chi connectivity index (χ4n) is 1.78. The highest BCUT2D eigenvalue weighted by molar-refractivity contribution is 8.59. The van der Waals surface area contributed by atoms with Gasteiger partial charge in [-0.1, -0.05) is 67.9 Å². The minimum Gasteiger partial charge on any atom is -0.212 e. The summed E-state index contributed by atoms with van der Waals surface area (Å²) in [5, 5.41) is 7.86. The van der Waals surface area contributed by atoms with E-state index in [1.54, 1.807) is 0 Å². The van der Waals surface area contributed by atoms with Gasteiger partial charge in [0, 0.05) is 0 Å². The molecular formula is C12H28N4S4. The Balaban J connectivity index is 3.31. The van der Waals surface area contributed by atoms with Crippen LogP contribution in [0.2, 0.25) is 0 Å². The predicted octanol–water partition coefficient (Wildman–Crippen LogP) is 3.99. The molecule has 0 aromatic rings. The molecule has 1 rings (SSSR count). The lowest BCUT2D eigenvalue weighted by atomic mass is 11.3. The molecule has 1 fully saturated rings. The van der Waals surface area contributed by atoms with Crippen LogP contribution in [0.3, 0.4) is 0 Å². The molecule has 0 spiro atoms. The van der Waals surface area contributed by atoms with Gasteiger partial charge in [0.1, 0.15) is 0 Å². The van der Waals surface area contributed by atoms with E-state index in [0.717, 1.165) is 0 Å². The third-order valence-electron chi connectivity index (χ3n) is 2.72. The highest BCUT2D eigenvalue weighted by atomic mass is 32.4. The van der Waals surface area contributed by atoms with Crippen molar-refractivity contribution in [3.8, 4) is 0 Å². The summed E-state index contributed by atoms with van der Waals surface area (Å²) in [7, 11) is -5.55. The maximum absolute atomic E-state index is 3.99. The Morgan fingerprint density at radius 1 is 0.500 bits per heavy atom. The fraction of sp³-hybridized carbons (Fsp3) is 0.333. The van der Waals surface area contributed by atoms with Gasteiger partial charge in [-0.05, 0) is 46.7 Å². The first-order valence-corrected chi connectivity index (χ1v) is 14.3. The normalized spacial score (nSPS) is 58.6. The van der Waals surface area contributed by atoms with Crippen LogP contribution in [0.25, 0.3) is 0 Å². The molecule has 120 valence electrons. The first kappa shape index (κ1) is 18.2. The monoisotopic (exact) mass is 356 g/mol. The van der Waals surface area contributed by atoms with E-state index in [1.807, 2.05) is 21.6 Å². The molecule has 0 radical (unpaired) electrons. The summed E-state index contributed by atoms with van der Waals surface area (Å²) in [4.78, 5) is 0. The summed E-state index contributed by atoms with van der Waals surface area (Å²) in [5.74, 6) is 0. The lowest BCUT2D eigenvalue weighted by molar-refractivity contribution is 1.37. The highest BCUT2D eigenvalue weighted by Gasteiger charge is 2.36. The molecule has 1 aliphatic heterocycles. The van der Waals surface area contributed by atoms with E-state index in [9.17, 15) is 0 Å². The van der Waals surface area contributed by atoms with Crippen LogP contribution in [0.5, 0.6) is 0 Å². The summed E-state index contributed by atoms with van der Waals surface area (Å²) in [6.45, 7) is 15.9. The minimum atomic E-state index is -1.39. The van der Waals surface area contributed by atoms with Gasteiger partial charge < -0.3 is 0 Å².